The summed E-state index contributed by atoms with van der Waals surface area (Å²) in [5, 5.41) is 3.83. The maximum Gasteiger partial charge on any atom is 0.0954 e. The fourth-order valence-corrected chi connectivity index (χ4v) is 4.59. The van der Waals surface area contributed by atoms with Gasteiger partial charge < -0.3 is 9.88 Å². The van der Waals surface area contributed by atoms with Crippen molar-refractivity contribution in [2.75, 3.05) is 6.54 Å². The van der Waals surface area contributed by atoms with Crippen molar-refractivity contribution in [3.8, 4) is 0 Å². The second kappa shape index (κ2) is 6.51. The lowest BCUT2D eigenvalue weighted by Crippen LogP contribution is -2.46. The molecule has 3 rings (SSSR count). The predicted octanol–water partition coefficient (Wildman–Crippen LogP) is 3.74. The van der Waals surface area contributed by atoms with E-state index >= 15 is 0 Å². The van der Waals surface area contributed by atoms with Gasteiger partial charge in [-0.3, -0.25) is 0 Å². The molecule has 2 aliphatic rings. The van der Waals surface area contributed by atoms with Gasteiger partial charge in [-0.2, -0.15) is 0 Å². The number of nitrogens with one attached hydrogen (secondary N) is 1. The van der Waals surface area contributed by atoms with Gasteiger partial charge in [-0.1, -0.05) is 20.8 Å². The summed E-state index contributed by atoms with van der Waals surface area (Å²) in [7, 11) is 0. The minimum Gasteiger partial charge on any atom is -0.329 e. The minimum atomic E-state index is 0.599. The molecule has 1 heterocycles. The Hall–Kier alpha value is -0.830. The highest BCUT2D eigenvalue weighted by Crippen LogP contribution is 2.39. The van der Waals surface area contributed by atoms with Gasteiger partial charge in [-0.25, -0.2) is 4.98 Å². The van der Waals surface area contributed by atoms with Crippen LogP contribution in [0.2, 0.25) is 0 Å². The average Bonchev–Trinajstić information content (AvgIpc) is 2.88. The Labute approximate surface area is 129 Å². The molecule has 1 aromatic heterocycles. The third-order valence-electron chi connectivity index (χ3n) is 5.46. The fourth-order valence-electron chi connectivity index (χ4n) is 4.59. The van der Waals surface area contributed by atoms with E-state index in [-0.39, 0.29) is 0 Å². The van der Waals surface area contributed by atoms with Crippen LogP contribution < -0.4 is 5.32 Å². The average molecular weight is 289 g/mol. The molecule has 0 aromatic carbocycles. The molecule has 1 saturated carbocycles. The standard InChI is InChI=1S/C18H31N3/c1-4-9-19-16-11-13(2)10-14(3)18(16)21-12-20-15-7-5-6-8-17(15)21/h12-14,16,18-19H,4-11H2,1-3H3. The van der Waals surface area contributed by atoms with Gasteiger partial charge in [-0.05, 0) is 63.3 Å². The molecule has 0 bridgehead atoms. The third kappa shape index (κ3) is 3.03. The molecule has 4 atom stereocenters. The van der Waals surface area contributed by atoms with Crippen molar-refractivity contribution >= 4 is 0 Å². The normalized spacial score (nSPS) is 32.9. The van der Waals surface area contributed by atoms with E-state index in [4.69, 9.17) is 4.98 Å². The Morgan fingerprint density at radius 2 is 2.05 bits per heavy atom. The van der Waals surface area contributed by atoms with Crippen molar-refractivity contribution < 1.29 is 0 Å². The third-order valence-corrected chi connectivity index (χ3v) is 5.46. The van der Waals surface area contributed by atoms with E-state index in [1.54, 1.807) is 0 Å². The number of nitrogens with zero attached hydrogens (tertiary/aromatic N) is 2. The van der Waals surface area contributed by atoms with E-state index < -0.39 is 0 Å². The van der Waals surface area contributed by atoms with Crippen molar-refractivity contribution in [1.29, 1.82) is 0 Å². The summed E-state index contributed by atoms with van der Waals surface area (Å²) >= 11 is 0. The molecule has 21 heavy (non-hydrogen) atoms. The Morgan fingerprint density at radius 1 is 1.24 bits per heavy atom. The van der Waals surface area contributed by atoms with Crippen LogP contribution in [0.4, 0.5) is 0 Å². The molecule has 4 unspecified atom stereocenters. The molecule has 3 nitrogen and oxygen atoms in total. The number of hydrogen-bond acceptors (Lipinski definition) is 2. The van der Waals surface area contributed by atoms with Gasteiger partial charge in [0, 0.05) is 11.7 Å². The zero-order chi connectivity index (χ0) is 14.8. The predicted molar refractivity (Wildman–Crippen MR) is 87.5 cm³/mol. The van der Waals surface area contributed by atoms with Crippen LogP contribution in [-0.2, 0) is 12.8 Å². The Kier molecular flexibility index (Phi) is 4.68. The number of aryl methyl sites for hydroxylation is 1. The van der Waals surface area contributed by atoms with Crippen molar-refractivity contribution in [2.45, 2.75) is 77.8 Å². The van der Waals surface area contributed by atoms with Gasteiger partial charge in [0.15, 0.2) is 0 Å². The van der Waals surface area contributed by atoms with E-state index in [1.807, 2.05) is 0 Å². The van der Waals surface area contributed by atoms with Crippen molar-refractivity contribution in [1.82, 2.24) is 14.9 Å². The first-order chi connectivity index (χ1) is 10.2. The van der Waals surface area contributed by atoms with E-state index in [0.717, 1.165) is 18.4 Å². The second-order valence-corrected chi connectivity index (χ2v) is 7.36. The van der Waals surface area contributed by atoms with Gasteiger partial charge >= 0.3 is 0 Å². The van der Waals surface area contributed by atoms with E-state index in [1.165, 1.54) is 56.3 Å². The van der Waals surface area contributed by atoms with Crippen LogP contribution in [0, 0.1) is 11.8 Å². The van der Waals surface area contributed by atoms with Crippen LogP contribution in [0.5, 0.6) is 0 Å². The van der Waals surface area contributed by atoms with Crippen LogP contribution in [0.25, 0.3) is 0 Å². The molecule has 0 saturated heterocycles. The maximum atomic E-state index is 4.74. The van der Waals surface area contributed by atoms with Crippen LogP contribution in [0.1, 0.15) is 70.3 Å². The number of rotatable bonds is 4. The van der Waals surface area contributed by atoms with E-state index in [2.05, 4.69) is 37.0 Å². The van der Waals surface area contributed by atoms with Crippen molar-refractivity contribution in [3.05, 3.63) is 17.7 Å². The highest BCUT2D eigenvalue weighted by molar-refractivity contribution is 5.18. The Morgan fingerprint density at radius 3 is 2.86 bits per heavy atom. The quantitative estimate of drug-likeness (QED) is 0.915. The second-order valence-electron chi connectivity index (χ2n) is 7.36. The summed E-state index contributed by atoms with van der Waals surface area (Å²) in [4.78, 5) is 4.74. The summed E-state index contributed by atoms with van der Waals surface area (Å²) in [5.74, 6) is 1.58. The summed E-state index contributed by atoms with van der Waals surface area (Å²) in [6, 6.07) is 1.21. The molecule has 2 aliphatic carbocycles. The van der Waals surface area contributed by atoms with Gasteiger partial charge in [0.2, 0.25) is 0 Å². The molecule has 3 heteroatoms. The number of hydrogen-bond donors (Lipinski definition) is 1. The molecule has 0 radical (unpaired) electrons. The number of aromatic nitrogens is 2. The topological polar surface area (TPSA) is 29.9 Å². The lowest BCUT2D eigenvalue weighted by molar-refractivity contribution is 0.150. The highest BCUT2D eigenvalue weighted by atomic mass is 15.1. The van der Waals surface area contributed by atoms with Gasteiger partial charge in [0.25, 0.3) is 0 Å². The van der Waals surface area contributed by atoms with Crippen molar-refractivity contribution in [3.63, 3.8) is 0 Å². The first-order valence-corrected chi connectivity index (χ1v) is 8.98. The molecule has 0 amide bonds. The lowest BCUT2D eigenvalue weighted by atomic mass is 9.76. The lowest BCUT2D eigenvalue weighted by Gasteiger charge is -2.41. The van der Waals surface area contributed by atoms with Crippen LogP contribution >= 0.6 is 0 Å². The summed E-state index contributed by atoms with van der Waals surface area (Å²) in [6.45, 7) is 8.25. The van der Waals surface area contributed by atoms with Gasteiger partial charge in [0.05, 0.1) is 18.1 Å². The summed E-state index contributed by atoms with van der Waals surface area (Å²) < 4.78 is 2.55. The maximum absolute atomic E-state index is 4.74. The van der Waals surface area contributed by atoms with Gasteiger partial charge in [0.1, 0.15) is 0 Å². The van der Waals surface area contributed by atoms with Crippen LogP contribution in [0.15, 0.2) is 6.33 Å². The Balaban J connectivity index is 1.87. The first kappa shape index (κ1) is 15.1. The monoisotopic (exact) mass is 289 g/mol. The molecular formula is C18H31N3. The molecule has 0 spiro atoms. The fraction of sp³-hybridized carbons (Fsp3) is 0.833. The first-order valence-electron chi connectivity index (χ1n) is 8.98. The summed E-state index contributed by atoms with van der Waals surface area (Å²) in [5.41, 5.74) is 2.91. The number of imidazole rings is 1. The zero-order valence-corrected chi connectivity index (χ0v) is 13.9. The summed E-state index contributed by atoms with van der Waals surface area (Å²) in [6.07, 6.45) is 11.1. The molecule has 118 valence electrons. The minimum absolute atomic E-state index is 0.599. The SMILES string of the molecule is CCCNC1CC(C)CC(C)C1n1cnc2c1CCCC2. The Bertz CT molecular complexity index is 465. The zero-order valence-electron chi connectivity index (χ0n) is 13.9. The van der Waals surface area contributed by atoms with E-state index in [0.29, 0.717) is 12.1 Å². The van der Waals surface area contributed by atoms with E-state index in [9.17, 15) is 0 Å². The smallest absolute Gasteiger partial charge is 0.0954 e. The van der Waals surface area contributed by atoms with Crippen LogP contribution in [0.3, 0.4) is 0 Å². The molecule has 1 N–H and O–H groups in total. The van der Waals surface area contributed by atoms with Crippen LogP contribution in [-0.4, -0.2) is 22.1 Å². The molecule has 1 aromatic rings. The highest BCUT2D eigenvalue weighted by Gasteiger charge is 2.36. The van der Waals surface area contributed by atoms with Gasteiger partial charge in [-0.15, -0.1) is 0 Å². The molecule has 0 aliphatic heterocycles. The molecular weight excluding hydrogens is 258 g/mol. The van der Waals surface area contributed by atoms with Crippen molar-refractivity contribution in [2.24, 2.45) is 11.8 Å². The largest absolute Gasteiger partial charge is 0.329 e. The molecule has 1 fully saturated rings. The number of fused-ring (bicyclic) bond motifs is 1.